The Bertz CT molecular complexity index is 1030. The molecule has 1 N–H and O–H groups in total. The van der Waals surface area contributed by atoms with Crippen LogP contribution in [0.1, 0.15) is 63.1 Å². The molecule has 2 aromatic rings. The molecule has 1 amide bonds. The number of carbonyl (C=O) groups is 2. The van der Waals surface area contributed by atoms with Gasteiger partial charge in [-0.3, -0.25) is 9.59 Å². The molecule has 1 heterocycles. The summed E-state index contributed by atoms with van der Waals surface area (Å²) in [5, 5.41) is 11.6. The van der Waals surface area contributed by atoms with Gasteiger partial charge < -0.3 is 14.9 Å². The van der Waals surface area contributed by atoms with Crippen LogP contribution in [0.4, 0.5) is 4.39 Å². The van der Waals surface area contributed by atoms with Crippen LogP contribution in [0.25, 0.3) is 5.76 Å². The lowest BCUT2D eigenvalue weighted by atomic mass is 9.95. The standard InChI is InChI=1S/C28H34ClFN2O3/c1-3-5-16-31(17-6-4-2)18-7-19-32-25(20-10-14-23(30)15-11-20)24(27(34)28(32)35)26(33)21-8-12-22(29)13-9-21/h8-15,25,33H,3-7,16-19H2,1-2H3. The molecule has 7 heteroatoms. The number of hydrogen-bond donors (Lipinski definition) is 1. The molecule has 3 rings (SSSR count). The number of rotatable bonds is 12. The largest absolute Gasteiger partial charge is 0.507 e. The molecule has 0 bridgehead atoms. The number of nitrogens with zero attached hydrogens (tertiary/aromatic N) is 2. The smallest absolute Gasteiger partial charge is 0.295 e. The highest BCUT2D eigenvalue weighted by Gasteiger charge is 2.45. The maximum Gasteiger partial charge on any atom is 0.295 e. The van der Waals surface area contributed by atoms with Crippen molar-refractivity contribution in [1.29, 1.82) is 0 Å². The lowest BCUT2D eigenvalue weighted by Gasteiger charge is -2.27. The van der Waals surface area contributed by atoms with Crippen molar-refractivity contribution in [2.45, 2.75) is 52.0 Å². The van der Waals surface area contributed by atoms with Crippen molar-refractivity contribution in [1.82, 2.24) is 9.80 Å². The van der Waals surface area contributed by atoms with Crippen molar-refractivity contribution in [2.75, 3.05) is 26.2 Å². The van der Waals surface area contributed by atoms with Crippen molar-refractivity contribution < 1.29 is 19.1 Å². The van der Waals surface area contributed by atoms with Crippen LogP contribution in [-0.4, -0.2) is 52.8 Å². The average Bonchev–Trinajstić information content (AvgIpc) is 3.10. The van der Waals surface area contributed by atoms with Gasteiger partial charge in [0.15, 0.2) is 0 Å². The first-order valence-corrected chi connectivity index (χ1v) is 12.8. The maximum absolute atomic E-state index is 13.7. The maximum atomic E-state index is 13.7. The number of carbonyl (C=O) groups excluding carboxylic acids is 2. The van der Waals surface area contributed by atoms with Gasteiger partial charge in [-0.05, 0) is 80.9 Å². The summed E-state index contributed by atoms with van der Waals surface area (Å²) < 4.78 is 13.7. The van der Waals surface area contributed by atoms with E-state index in [0.29, 0.717) is 29.1 Å². The van der Waals surface area contributed by atoms with Crippen LogP contribution in [0.5, 0.6) is 0 Å². The molecule has 1 fully saturated rings. The van der Waals surface area contributed by atoms with E-state index in [-0.39, 0.29) is 11.3 Å². The number of Topliss-reactive ketones (excluding diaryl/α,β-unsaturated/α-hetero) is 1. The Balaban J connectivity index is 1.90. The minimum atomic E-state index is -0.786. The summed E-state index contributed by atoms with van der Waals surface area (Å²) in [4.78, 5) is 30.1. The van der Waals surface area contributed by atoms with Gasteiger partial charge in [-0.2, -0.15) is 0 Å². The Morgan fingerprint density at radius 2 is 1.51 bits per heavy atom. The van der Waals surface area contributed by atoms with E-state index >= 15 is 0 Å². The fourth-order valence-corrected chi connectivity index (χ4v) is 4.56. The number of amides is 1. The van der Waals surface area contributed by atoms with Crippen molar-refractivity contribution in [3.05, 3.63) is 76.1 Å². The molecule has 1 aliphatic heterocycles. The van der Waals surface area contributed by atoms with E-state index in [2.05, 4.69) is 18.7 Å². The zero-order valence-corrected chi connectivity index (χ0v) is 21.2. The van der Waals surface area contributed by atoms with Gasteiger partial charge in [0.2, 0.25) is 0 Å². The summed E-state index contributed by atoms with van der Waals surface area (Å²) in [5.74, 6) is -2.06. The average molecular weight is 501 g/mol. The van der Waals surface area contributed by atoms with Gasteiger partial charge >= 0.3 is 0 Å². The van der Waals surface area contributed by atoms with Gasteiger partial charge in [0.25, 0.3) is 11.7 Å². The Labute approximate surface area is 212 Å². The molecule has 0 saturated carbocycles. The van der Waals surface area contributed by atoms with Gasteiger partial charge in [-0.15, -0.1) is 0 Å². The van der Waals surface area contributed by atoms with Crippen molar-refractivity contribution in [3.63, 3.8) is 0 Å². The van der Waals surface area contributed by atoms with Gasteiger partial charge in [0.1, 0.15) is 11.6 Å². The predicted molar refractivity (Wildman–Crippen MR) is 138 cm³/mol. The molecule has 0 aromatic heterocycles. The SMILES string of the molecule is CCCCN(CCCC)CCCN1C(=O)C(=O)C(=C(O)c2ccc(Cl)cc2)C1c1ccc(F)cc1. The summed E-state index contributed by atoms with van der Waals surface area (Å²) in [5.41, 5.74) is 0.984. The van der Waals surface area contributed by atoms with Gasteiger partial charge in [-0.25, -0.2) is 4.39 Å². The van der Waals surface area contributed by atoms with Crippen LogP contribution in [0.2, 0.25) is 5.02 Å². The first kappa shape index (κ1) is 26.9. The third-order valence-electron chi connectivity index (χ3n) is 6.37. The molecule has 1 aliphatic rings. The molecule has 1 atom stereocenters. The molecule has 1 unspecified atom stereocenters. The molecule has 35 heavy (non-hydrogen) atoms. The molecule has 5 nitrogen and oxygen atoms in total. The van der Waals surface area contributed by atoms with E-state index in [4.69, 9.17) is 11.6 Å². The highest BCUT2D eigenvalue weighted by atomic mass is 35.5. The van der Waals surface area contributed by atoms with E-state index < -0.39 is 23.5 Å². The quantitative estimate of drug-likeness (QED) is 0.214. The third kappa shape index (κ3) is 6.71. The van der Waals surface area contributed by atoms with Crippen LogP contribution in [-0.2, 0) is 9.59 Å². The zero-order chi connectivity index (χ0) is 25.4. The van der Waals surface area contributed by atoms with Gasteiger partial charge in [-0.1, -0.05) is 50.4 Å². The third-order valence-corrected chi connectivity index (χ3v) is 6.62. The van der Waals surface area contributed by atoms with Crippen LogP contribution in [0.15, 0.2) is 54.1 Å². The molecule has 0 aliphatic carbocycles. The summed E-state index contributed by atoms with van der Waals surface area (Å²) >= 11 is 5.97. The van der Waals surface area contributed by atoms with Crippen LogP contribution >= 0.6 is 11.6 Å². The van der Waals surface area contributed by atoms with Crippen LogP contribution in [0.3, 0.4) is 0 Å². The second-order valence-corrected chi connectivity index (χ2v) is 9.39. The van der Waals surface area contributed by atoms with E-state index in [1.807, 2.05) is 0 Å². The number of benzene rings is 2. The Kier molecular flexibility index (Phi) is 9.87. The summed E-state index contributed by atoms with van der Waals surface area (Å²) in [6, 6.07) is 11.4. The van der Waals surface area contributed by atoms with E-state index in [0.717, 1.165) is 45.3 Å². The molecule has 0 radical (unpaired) electrons. The topological polar surface area (TPSA) is 60.9 Å². The first-order chi connectivity index (χ1) is 16.9. The van der Waals surface area contributed by atoms with Crippen LogP contribution in [0, 0.1) is 5.82 Å². The number of aliphatic hydroxyl groups is 1. The molecule has 2 aromatic carbocycles. The van der Waals surface area contributed by atoms with E-state index in [1.165, 1.54) is 17.0 Å². The second-order valence-electron chi connectivity index (χ2n) is 8.95. The monoisotopic (exact) mass is 500 g/mol. The lowest BCUT2D eigenvalue weighted by Crippen LogP contribution is -2.34. The molecule has 188 valence electrons. The van der Waals surface area contributed by atoms with Gasteiger partial charge in [0.05, 0.1) is 11.6 Å². The van der Waals surface area contributed by atoms with Crippen molar-refractivity contribution in [2.24, 2.45) is 0 Å². The summed E-state index contributed by atoms with van der Waals surface area (Å²) in [6.45, 7) is 7.53. The van der Waals surface area contributed by atoms with Crippen molar-refractivity contribution in [3.8, 4) is 0 Å². The fraction of sp³-hybridized carbons (Fsp3) is 0.429. The number of likely N-dealkylation sites (tertiary alicyclic amines) is 1. The zero-order valence-electron chi connectivity index (χ0n) is 20.5. The number of halogens is 2. The number of unbranched alkanes of at least 4 members (excludes halogenated alkanes) is 2. The van der Waals surface area contributed by atoms with Crippen LogP contribution < -0.4 is 0 Å². The summed E-state index contributed by atoms with van der Waals surface area (Å²) in [7, 11) is 0. The highest BCUT2D eigenvalue weighted by Crippen LogP contribution is 2.39. The summed E-state index contributed by atoms with van der Waals surface area (Å²) in [6.07, 6.45) is 5.16. The van der Waals surface area contributed by atoms with E-state index in [1.54, 1.807) is 36.4 Å². The Morgan fingerprint density at radius 3 is 2.09 bits per heavy atom. The number of hydrogen-bond acceptors (Lipinski definition) is 4. The number of ketones is 1. The molecular formula is C28H34ClFN2O3. The minimum absolute atomic E-state index is 0.0118. The molecular weight excluding hydrogens is 467 g/mol. The Morgan fingerprint density at radius 1 is 0.943 bits per heavy atom. The first-order valence-electron chi connectivity index (χ1n) is 12.4. The molecule has 1 saturated heterocycles. The Hall–Kier alpha value is -2.70. The normalized spacial score (nSPS) is 17.5. The fourth-order valence-electron chi connectivity index (χ4n) is 4.43. The van der Waals surface area contributed by atoms with E-state index in [9.17, 15) is 19.1 Å². The van der Waals surface area contributed by atoms with Crippen molar-refractivity contribution >= 4 is 29.1 Å². The highest BCUT2D eigenvalue weighted by molar-refractivity contribution is 6.46. The second kappa shape index (κ2) is 12.8. The molecule has 0 spiro atoms. The number of aliphatic hydroxyl groups excluding tert-OH is 1. The van der Waals surface area contributed by atoms with Gasteiger partial charge in [0, 0.05) is 17.1 Å². The predicted octanol–water partition coefficient (Wildman–Crippen LogP) is 6.19. The lowest BCUT2D eigenvalue weighted by molar-refractivity contribution is -0.140. The minimum Gasteiger partial charge on any atom is -0.507 e.